The number of Topliss-reactive ketones (excluding diaryl/α,β-unsaturated/α-hetero) is 1. The van der Waals surface area contributed by atoms with Gasteiger partial charge in [-0.1, -0.05) is 30.7 Å². The normalized spacial score (nSPS) is 21.4. The zero-order valence-electron chi connectivity index (χ0n) is 11.7. The number of nitrogens with zero attached hydrogens (tertiary/aromatic N) is 1. The molecule has 4 nitrogen and oxygen atoms in total. The highest BCUT2D eigenvalue weighted by atomic mass is 35.5. The number of hydrogen-bond donors (Lipinski definition) is 1. The Morgan fingerprint density at radius 1 is 1.55 bits per heavy atom. The summed E-state index contributed by atoms with van der Waals surface area (Å²) in [7, 11) is 0. The van der Waals surface area contributed by atoms with Gasteiger partial charge in [0.25, 0.3) is 0 Å². The summed E-state index contributed by atoms with van der Waals surface area (Å²) in [5, 5.41) is 3.39. The average molecular weight is 295 g/mol. The maximum atomic E-state index is 12.5. The van der Waals surface area contributed by atoms with Crippen molar-refractivity contribution in [2.24, 2.45) is 0 Å². The van der Waals surface area contributed by atoms with Gasteiger partial charge >= 0.3 is 0 Å². The molecule has 0 radical (unpaired) electrons. The molecule has 1 saturated heterocycles. The van der Waals surface area contributed by atoms with Crippen LogP contribution in [0.4, 0.5) is 0 Å². The van der Waals surface area contributed by atoms with E-state index >= 15 is 0 Å². The summed E-state index contributed by atoms with van der Waals surface area (Å²) in [6.45, 7) is 5.09. The number of halogens is 1. The van der Waals surface area contributed by atoms with Crippen LogP contribution in [0.25, 0.3) is 0 Å². The van der Waals surface area contributed by atoms with Crippen LogP contribution in [0.2, 0.25) is 5.02 Å². The van der Waals surface area contributed by atoms with Gasteiger partial charge in [-0.3, -0.25) is 14.5 Å². The molecule has 1 fully saturated rings. The number of ketones is 1. The summed E-state index contributed by atoms with van der Waals surface area (Å²) in [5.41, 5.74) is 0.589. The van der Waals surface area contributed by atoms with Crippen LogP contribution in [0.15, 0.2) is 24.3 Å². The van der Waals surface area contributed by atoms with Gasteiger partial charge < -0.3 is 5.32 Å². The van der Waals surface area contributed by atoms with Crippen LogP contribution < -0.4 is 5.32 Å². The summed E-state index contributed by atoms with van der Waals surface area (Å²) < 4.78 is 0. The van der Waals surface area contributed by atoms with Crippen LogP contribution in [0.1, 0.15) is 30.6 Å². The van der Waals surface area contributed by atoms with E-state index < -0.39 is 0 Å². The SMILES string of the molecule is CCC1C(=O)NCCN1C(C)C(=O)c1cccc(Cl)c1. The molecule has 2 atom stereocenters. The Morgan fingerprint density at radius 3 is 2.95 bits per heavy atom. The molecule has 1 aliphatic rings. The van der Waals surface area contributed by atoms with E-state index in [2.05, 4.69) is 5.32 Å². The lowest BCUT2D eigenvalue weighted by atomic mass is 10.00. The molecule has 1 aliphatic heterocycles. The molecule has 0 aliphatic carbocycles. The first-order valence-corrected chi connectivity index (χ1v) is 7.25. The first-order chi connectivity index (χ1) is 9.54. The summed E-state index contributed by atoms with van der Waals surface area (Å²) >= 11 is 5.93. The molecule has 108 valence electrons. The van der Waals surface area contributed by atoms with Gasteiger partial charge in [0.05, 0.1) is 12.1 Å². The van der Waals surface area contributed by atoms with Crippen LogP contribution >= 0.6 is 11.6 Å². The molecule has 1 heterocycles. The predicted octanol–water partition coefficient (Wildman–Crippen LogP) is 2.12. The van der Waals surface area contributed by atoms with Crippen molar-refractivity contribution in [2.45, 2.75) is 32.4 Å². The van der Waals surface area contributed by atoms with Crippen molar-refractivity contribution in [1.29, 1.82) is 0 Å². The Balaban J connectivity index is 2.19. The highest BCUT2D eigenvalue weighted by Crippen LogP contribution is 2.18. The Kier molecular flexibility index (Phi) is 4.78. The fourth-order valence-electron chi connectivity index (χ4n) is 2.65. The van der Waals surface area contributed by atoms with Gasteiger partial charge in [0, 0.05) is 23.7 Å². The topological polar surface area (TPSA) is 49.4 Å². The average Bonchev–Trinajstić information content (AvgIpc) is 2.45. The van der Waals surface area contributed by atoms with E-state index in [1.807, 2.05) is 18.7 Å². The highest BCUT2D eigenvalue weighted by Gasteiger charge is 2.34. The number of hydrogen-bond acceptors (Lipinski definition) is 3. The molecule has 1 N–H and O–H groups in total. The second kappa shape index (κ2) is 6.37. The lowest BCUT2D eigenvalue weighted by Crippen LogP contribution is -2.59. The summed E-state index contributed by atoms with van der Waals surface area (Å²) in [5.74, 6) is 0.00476. The Hall–Kier alpha value is -1.39. The van der Waals surface area contributed by atoms with Gasteiger partial charge in [-0.15, -0.1) is 0 Å². The largest absolute Gasteiger partial charge is 0.353 e. The van der Waals surface area contributed by atoms with E-state index in [0.29, 0.717) is 30.1 Å². The first kappa shape index (κ1) is 15.0. The molecule has 0 saturated carbocycles. The second-order valence-corrected chi connectivity index (χ2v) is 5.44. The van der Waals surface area contributed by atoms with Crippen molar-refractivity contribution in [1.82, 2.24) is 10.2 Å². The highest BCUT2D eigenvalue weighted by molar-refractivity contribution is 6.31. The third-order valence-corrected chi connectivity index (χ3v) is 3.98. The minimum Gasteiger partial charge on any atom is -0.353 e. The van der Waals surface area contributed by atoms with Gasteiger partial charge in [0.15, 0.2) is 5.78 Å². The smallest absolute Gasteiger partial charge is 0.237 e. The van der Waals surface area contributed by atoms with Gasteiger partial charge in [0.1, 0.15) is 0 Å². The van der Waals surface area contributed by atoms with Crippen molar-refractivity contribution >= 4 is 23.3 Å². The summed E-state index contributed by atoms with van der Waals surface area (Å²) in [6.07, 6.45) is 0.693. The maximum Gasteiger partial charge on any atom is 0.237 e. The van der Waals surface area contributed by atoms with E-state index in [-0.39, 0.29) is 23.8 Å². The van der Waals surface area contributed by atoms with Crippen molar-refractivity contribution < 1.29 is 9.59 Å². The predicted molar refractivity (Wildman–Crippen MR) is 79.0 cm³/mol. The Morgan fingerprint density at radius 2 is 2.30 bits per heavy atom. The van der Waals surface area contributed by atoms with Crippen molar-refractivity contribution in [3.05, 3.63) is 34.9 Å². The third kappa shape index (κ3) is 3.02. The lowest BCUT2D eigenvalue weighted by molar-refractivity contribution is -0.129. The fraction of sp³-hybridized carbons (Fsp3) is 0.467. The number of carbonyl (C=O) groups is 2. The molecule has 1 amide bonds. The van der Waals surface area contributed by atoms with Gasteiger partial charge in [-0.25, -0.2) is 0 Å². The molecule has 0 bridgehead atoms. The summed E-state index contributed by atoms with van der Waals surface area (Å²) in [4.78, 5) is 26.4. The second-order valence-electron chi connectivity index (χ2n) is 5.00. The first-order valence-electron chi connectivity index (χ1n) is 6.87. The molecule has 20 heavy (non-hydrogen) atoms. The molecule has 2 unspecified atom stereocenters. The number of amides is 1. The molecule has 0 spiro atoms. The van der Waals surface area contributed by atoms with Gasteiger partial charge in [0.2, 0.25) is 5.91 Å². The van der Waals surface area contributed by atoms with Crippen molar-refractivity contribution in [2.75, 3.05) is 13.1 Å². The molecule has 0 aromatic heterocycles. The monoisotopic (exact) mass is 294 g/mol. The van der Waals surface area contributed by atoms with E-state index in [1.165, 1.54) is 0 Å². The molecule has 1 aromatic rings. The maximum absolute atomic E-state index is 12.5. The molecule has 1 aromatic carbocycles. The Bertz CT molecular complexity index is 518. The standard InChI is InChI=1S/C15H19ClN2O2/c1-3-13-15(20)17-7-8-18(13)10(2)14(19)11-5-4-6-12(16)9-11/h4-6,9-10,13H,3,7-8H2,1-2H3,(H,17,20). The lowest BCUT2D eigenvalue weighted by Gasteiger charge is -2.38. The number of carbonyl (C=O) groups excluding carboxylic acids is 2. The van der Waals surface area contributed by atoms with Crippen molar-refractivity contribution in [3.63, 3.8) is 0 Å². The third-order valence-electron chi connectivity index (χ3n) is 3.74. The van der Waals surface area contributed by atoms with Crippen LogP contribution in [0, 0.1) is 0 Å². The number of benzene rings is 1. The molecule has 2 rings (SSSR count). The Labute approximate surface area is 124 Å². The van der Waals surface area contributed by atoms with E-state index in [9.17, 15) is 9.59 Å². The summed E-state index contributed by atoms with van der Waals surface area (Å²) in [6, 6.07) is 6.38. The fourth-order valence-corrected chi connectivity index (χ4v) is 2.84. The zero-order valence-corrected chi connectivity index (χ0v) is 12.5. The van der Waals surface area contributed by atoms with Crippen LogP contribution in [-0.2, 0) is 4.79 Å². The zero-order chi connectivity index (χ0) is 14.7. The van der Waals surface area contributed by atoms with Crippen LogP contribution in [0.5, 0.6) is 0 Å². The molecule has 5 heteroatoms. The van der Waals surface area contributed by atoms with Crippen LogP contribution in [-0.4, -0.2) is 41.8 Å². The molecular formula is C15H19ClN2O2. The quantitative estimate of drug-likeness (QED) is 0.866. The van der Waals surface area contributed by atoms with Crippen LogP contribution in [0.3, 0.4) is 0 Å². The minimum absolute atomic E-state index is 0.000602. The number of rotatable bonds is 4. The van der Waals surface area contributed by atoms with Gasteiger partial charge in [-0.05, 0) is 25.5 Å². The van der Waals surface area contributed by atoms with E-state index in [1.54, 1.807) is 24.3 Å². The van der Waals surface area contributed by atoms with E-state index in [0.717, 1.165) is 0 Å². The van der Waals surface area contributed by atoms with Crippen molar-refractivity contribution in [3.8, 4) is 0 Å². The minimum atomic E-state index is -0.329. The molecular weight excluding hydrogens is 276 g/mol. The van der Waals surface area contributed by atoms with E-state index in [4.69, 9.17) is 11.6 Å². The van der Waals surface area contributed by atoms with Gasteiger partial charge in [-0.2, -0.15) is 0 Å². The number of piperazine rings is 1. The number of nitrogens with one attached hydrogen (secondary N) is 1.